The Balaban J connectivity index is 2.24. The number of nitro benzene ring substituents is 1. The highest BCUT2D eigenvalue weighted by molar-refractivity contribution is 5.99. The zero-order valence-electron chi connectivity index (χ0n) is 16.3. The maximum absolute atomic E-state index is 12.8. The van der Waals surface area contributed by atoms with E-state index in [4.69, 9.17) is 4.74 Å². The minimum absolute atomic E-state index is 0.00624. The van der Waals surface area contributed by atoms with Gasteiger partial charge >= 0.3 is 5.97 Å². The van der Waals surface area contributed by atoms with E-state index in [1.165, 1.54) is 25.1 Å². The van der Waals surface area contributed by atoms with E-state index in [1.807, 2.05) is 0 Å². The molecule has 0 unspecified atom stereocenters. The van der Waals surface area contributed by atoms with E-state index in [2.05, 4.69) is 5.32 Å². The molecule has 0 atom stereocenters. The Morgan fingerprint density at radius 3 is 2.24 bits per heavy atom. The molecule has 9 nitrogen and oxygen atoms in total. The number of esters is 1. The van der Waals surface area contributed by atoms with Crippen LogP contribution in [0.4, 0.5) is 5.69 Å². The van der Waals surface area contributed by atoms with Gasteiger partial charge in [0.15, 0.2) is 0 Å². The number of hydrogen-bond donors (Lipinski definition) is 1. The van der Waals surface area contributed by atoms with Crippen molar-refractivity contribution in [1.29, 1.82) is 0 Å². The van der Waals surface area contributed by atoms with Gasteiger partial charge < -0.3 is 15.0 Å². The Labute approximate surface area is 167 Å². The summed E-state index contributed by atoms with van der Waals surface area (Å²) in [7, 11) is 3.07. The fraction of sp³-hybridized carbons (Fsp3) is 0.250. The van der Waals surface area contributed by atoms with Gasteiger partial charge in [-0.25, -0.2) is 4.79 Å². The number of ether oxygens (including phenoxy) is 1. The summed E-state index contributed by atoms with van der Waals surface area (Å²) in [6, 6.07) is 10.2. The van der Waals surface area contributed by atoms with Crippen LogP contribution < -0.4 is 5.32 Å². The van der Waals surface area contributed by atoms with Crippen molar-refractivity contribution in [2.24, 2.45) is 0 Å². The normalized spacial score (nSPS) is 10.2. The summed E-state index contributed by atoms with van der Waals surface area (Å²) in [5.74, 6) is -1.45. The molecule has 0 saturated carbocycles. The zero-order chi connectivity index (χ0) is 21.6. The summed E-state index contributed by atoms with van der Waals surface area (Å²) in [6.45, 7) is 1.94. The summed E-state index contributed by atoms with van der Waals surface area (Å²) in [5.41, 5.74) is 0.828. The van der Waals surface area contributed by atoms with Gasteiger partial charge in [-0.15, -0.1) is 0 Å². The lowest BCUT2D eigenvalue weighted by Gasteiger charge is -2.18. The van der Waals surface area contributed by atoms with Gasteiger partial charge in [-0.3, -0.25) is 19.7 Å². The van der Waals surface area contributed by atoms with Crippen molar-refractivity contribution in [3.05, 3.63) is 74.8 Å². The summed E-state index contributed by atoms with van der Waals surface area (Å²) in [6.07, 6.45) is 0. The highest BCUT2D eigenvalue weighted by Gasteiger charge is 2.21. The van der Waals surface area contributed by atoms with Crippen LogP contribution in [0.1, 0.15) is 43.6 Å². The second kappa shape index (κ2) is 9.45. The van der Waals surface area contributed by atoms with E-state index in [0.717, 1.165) is 17.7 Å². The molecule has 0 spiro atoms. The molecule has 0 aliphatic heterocycles. The number of nitrogens with zero attached hydrogens (tertiary/aromatic N) is 2. The van der Waals surface area contributed by atoms with Gasteiger partial charge in [0, 0.05) is 43.9 Å². The van der Waals surface area contributed by atoms with Crippen molar-refractivity contribution < 1.29 is 24.0 Å². The molecule has 0 bridgehead atoms. The smallest absolute Gasteiger partial charge is 0.338 e. The first-order valence-corrected chi connectivity index (χ1v) is 8.80. The van der Waals surface area contributed by atoms with Crippen LogP contribution in [-0.4, -0.2) is 48.3 Å². The Hall–Kier alpha value is -3.75. The van der Waals surface area contributed by atoms with Crippen molar-refractivity contribution in [2.45, 2.75) is 13.5 Å². The Morgan fingerprint density at radius 2 is 1.69 bits per heavy atom. The second-order valence-electron chi connectivity index (χ2n) is 6.18. The molecule has 152 valence electrons. The minimum Gasteiger partial charge on any atom is -0.462 e. The number of nitrogens with one attached hydrogen (secondary N) is 1. The van der Waals surface area contributed by atoms with E-state index < -0.39 is 16.8 Å². The number of benzene rings is 2. The average molecular weight is 399 g/mol. The third-order valence-corrected chi connectivity index (χ3v) is 4.10. The minimum atomic E-state index is -0.738. The van der Waals surface area contributed by atoms with Gasteiger partial charge in [-0.2, -0.15) is 0 Å². The quantitative estimate of drug-likeness (QED) is 0.434. The molecule has 2 aromatic rings. The first kappa shape index (κ1) is 21.5. The number of rotatable bonds is 7. The van der Waals surface area contributed by atoms with Crippen LogP contribution in [0.25, 0.3) is 0 Å². The lowest BCUT2D eigenvalue weighted by atomic mass is 10.1. The summed E-state index contributed by atoms with van der Waals surface area (Å²) in [4.78, 5) is 48.2. The average Bonchev–Trinajstić information content (AvgIpc) is 2.72. The Bertz CT molecular complexity index is 940. The number of amides is 2. The molecule has 0 saturated heterocycles. The van der Waals surface area contributed by atoms with Gasteiger partial charge in [-0.05, 0) is 30.7 Å². The van der Waals surface area contributed by atoms with Gasteiger partial charge in [0.2, 0.25) is 0 Å². The highest BCUT2D eigenvalue weighted by Crippen LogP contribution is 2.20. The predicted molar refractivity (Wildman–Crippen MR) is 105 cm³/mol. The van der Waals surface area contributed by atoms with Crippen LogP contribution in [0.5, 0.6) is 0 Å². The fourth-order valence-electron chi connectivity index (χ4n) is 2.64. The van der Waals surface area contributed by atoms with E-state index in [0.29, 0.717) is 5.56 Å². The fourth-order valence-corrected chi connectivity index (χ4v) is 2.64. The van der Waals surface area contributed by atoms with Gasteiger partial charge in [0.05, 0.1) is 17.1 Å². The van der Waals surface area contributed by atoms with E-state index in [1.54, 1.807) is 31.2 Å². The van der Waals surface area contributed by atoms with Crippen molar-refractivity contribution in [2.75, 3.05) is 20.7 Å². The molecule has 2 aromatic carbocycles. The SMILES string of the molecule is CCOC(=O)c1cc(C(=O)N(C)Cc2ccc(C(=O)NC)cc2)cc([N+](=O)[O-])c1. The number of nitro groups is 1. The third-order valence-electron chi connectivity index (χ3n) is 4.10. The maximum Gasteiger partial charge on any atom is 0.338 e. The zero-order valence-corrected chi connectivity index (χ0v) is 16.3. The first-order chi connectivity index (χ1) is 13.8. The summed E-state index contributed by atoms with van der Waals surface area (Å²) >= 11 is 0. The second-order valence-corrected chi connectivity index (χ2v) is 6.18. The lowest BCUT2D eigenvalue weighted by Crippen LogP contribution is -2.26. The molecule has 1 N–H and O–H groups in total. The molecule has 2 rings (SSSR count). The molecular weight excluding hydrogens is 378 g/mol. The molecule has 0 fully saturated rings. The van der Waals surface area contributed by atoms with E-state index in [9.17, 15) is 24.5 Å². The van der Waals surface area contributed by atoms with Crippen LogP contribution in [0.2, 0.25) is 0 Å². The van der Waals surface area contributed by atoms with E-state index in [-0.39, 0.29) is 35.9 Å². The van der Waals surface area contributed by atoms with Crippen LogP contribution in [0.15, 0.2) is 42.5 Å². The first-order valence-electron chi connectivity index (χ1n) is 8.80. The number of carbonyl (C=O) groups excluding carboxylic acids is 3. The Morgan fingerprint density at radius 1 is 1.07 bits per heavy atom. The van der Waals surface area contributed by atoms with Crippen molar-refractivity contribution in [1.82, 2.24) is 10.2 Å². The van der Waals surface area contributed by atoms with Crippen molar-refractivity contribution in [3.8, 4) is 0 Å². The molecule has 0 aliphatic rings. The highest BCUT2D eigenvalue weighted by atomic mass is 16.6. The molecular formula is C20H21N3O6. The van der Waals surface area contributed by atoms with Crippen LogP contribution in [0, 0.1) is 10.1 Å². The van der Waals surface area contributed by atoms with Crippen molar-refractivity contribution >= 4 is 23.5 Å². The molecule has 0 aliphatic carbocycles. The molecule has 0 aromatic heterocycles. The molecule has 0 radical (unpaired) electrons. The van der Waals surface area contributed by atoms with Crippen molar-refractivity contribution in [3.63, 3.8) is 0 Å². The topological polar surface area (TPSA) is 119 Å². The lowest BCUT2D eigenvalue weighted by molar-refractivity contribution is -0.384. The van der Waals surface area contributed by atoms with Crippen LogP contribution in [-0.2, 0) is 11.3 Å². The number of carbonyl (C=O) groups is 3. The monoisotopic (exact) mass is 399 g/mol. The number of non-ortho nitro benzene ring substituents is 1. The largest absolute Gasteiger partial charge is 0.462 e. The van der Waals surface area contributed by atoms with Crippen LogP contribution >= 0.6 is 0 Å². The Kier molecular flexibility index (Phi) is 7.02. The standard InChI is InChI=1S/C20H21N3O6/c1-4-29-20(26)16-9-15(10-17(11-16)23(27)28)19(25)22(3)12-13-5-7-14(8-6-13)18(24)21-2/h5-11H,4,12H2,1-3H3,(H,21,24). The van der Waals surface area contributed by atoms with Crippen LogP contribution in [0.3, 0.4) is 0 Å². The van der Waals surface area contributed by atoms with Gasteiger partial charge in [-0.1, -0.05) is 12.1 Å². The number of hydrogen-bond acceptors (Lipinski definition) is 6. The predicted octanol–water partition coefficient (Wildman–Crippen LogP) is 2.40. The van der Waals surface area contributed by atoms with Gasteiger partial charge in [0.25, 0.3) is 17.5 Å². The third kappa shape index (κ3) is 5.38. The molecule has 29 heavy (non-hydrogen) atoms. The van der Waals surface area contributed by atoms with E-state index >= 15 is 0 Å². The van der Waals surface area contributed by atoms with Gasteiger partial charge in [0.1, 0.15) is 0 Å². The molecule has 0 heterocycles. The summed E-state index contributed by atoms with van der Waals surface area (Å²) in [5, 5.41) is 13.7. The summed E-state index contributed by atoms with van der Waals surface area (Å²) < 4.78 is 4.87. The molecule has 2 amide bonds. The molecule has 9 heteroatoms. The maximum atomic E-state index is 12.8.